The van der Waals surface area contributed by atoms with Gasteiger partial charge in [0.1, 0.15) is 27.9 Å². The molecular formula is C21H18FNO4S. The number of nitrogens with zero attached hydrogens (tertiary/aromatic N) is 1. The van der Waals surface area contributed by atoms with Gasteiger partial charge in [-0.2, -0.15) is 0 Å². The van der Waals surface area contributed by atoms with Gasteiger partial charge in [0.05, 0.1) is 17.2 Å². The normalized spacial score (nSPS) is 16.8. The number of rotatable bonds is 4. The Morgan fingerprint density at radius 3 is 2.75 bits per heavy atom. The Morgan fingerprint density at radius 1 is 1.25 bits per heavy atom. The van der Waals surface area contributed by atoms with Crippen LogP contribution in [0.15, 0.2) is 63.7 Å². The fourth-order valence-electron chi connectivity index (χ4n) is 2.59. The minimum Gasteiger partial charge on any atom is -0.507 e. The minimum absolute atomic E-state index is 0.0414. The predicted molar refractivity (Wildman–Crippen MR) is 108 cm³/mol. The van der Waals surface area contributed by atoms with Gasteiger partial charge < -0.3 is 14.9 Å². The highest BCUT2D eigenvalue weighted by atomic mass is 32.2. The Labute approximate surface area is 165 Å². The highest BCUT2D eigenvalue weighted by Crippen LogP contribution is 2.41. The van der Waals surface area contributed by atoms with Crippen LogP contribution in [0.1, 0.15) is 18.1 Å². The molecule has 0 unspecified atom stereocenters. The maximum atomic E-state index is 13.5. The predicted octanol–water partition coefficient (Wildman–Crippen LogP) is 5.03. The van der Waals surface area contributed by atoms with Crippen molar-refractivity contribution in [3.05, 3.63) is 75.6 Å². The summed E-state index contributed by atoms with van der Waals surface area (Å²) in [6, 6.07) is 10.7. The Morgan fingerprint density at radius 2 is 2.04 bits per heavy atom. The average molecular weight is 399 g/mol. The van der Waals surface area contributed by atoms with Gasteiger partial charge in [0.15, 0.2) is 0 Å². The first-order valence-electron chi connectivity index (χ1n) is 8.53. The Hall–Kier alpha value is -3.06. The van der Waals surface area contributed by atoms with Crippen molar-refractivity contribution in [3.63, 3.8) is 0 Å². The van der Waals surface area contributed by atoms with E-state index in [0.717, 1.165) is 17.3 Å². The Bertz CT molecular complexity index is 1030. The summed E-state index contributed by atoms with van der Waals surface area (Å²) >= 11 is 1.04. The molecule has 0 fully saturated rings. The first kappa shape index (κ1) is 19.7. The third kappa shape index (κ3) is 4.26. The van der Waals surface area contributed by atoms with Crippen LogP contribution in [0, 0.1) is 12.7 Å². The van der Waals surface area contributed by atoms with Crippen LogP contribution in [-0.4, -0.2) is 27.8 Å². The molecule has 2 aromatic rings. The molecule has 0 radical (unpaired) electrons. The SMILES string of the molecule is CCOC(=O)C1=C(O)C(=Cc2cc(C)ccc2O)SC1=Nc1cccc(F)c1. The fraction of sp³-hybridized carbons (Fsp3) is 0.143. The van der Waals surface area contributed by atoms with Gasteiger partial charge in [-0.3, -0.25) is 0 Å². The zero-order chi connectivity index (χ0) is 20.3. The van der Waals surface area contributed by atoms with Gasteiger partial charge in [0, 0.05) is 5.56 Å². The summed E-state index contributed by atoms with van der Waals surface area (Å²) < 4.78 is 18.5. The summed E-state index contributed by atoms with van der Waals surface area (Å²) in [6.45, 7) is 3.66. The van der Waals surface area contributed by atoms with Crippen LogP contribution in [0.4, 0.5) is 10.1 Å². The molecule has 0 spiro atoms. The van der Waals surface area contributed by atoms with E-state index in [0.29, 0.717) is 16.2 Å². The number of thioether (sulfide) groups is 1. The van der Waals surface area contributed by atoms with Crippen molar-refractivity contribution in [1.29, 1.82) is 0 Å². The van der Waals surface area contributed by atoms with E-state index in [-0.39, 0.29) is 28.7 Å². The lowest BCUT2D eigenvalue weighted by Crippen LogP contribution is -2.12. The summed E-state index contributed by atoms with van der Waals surface area (Å²) in [5.74, 6) is -1.44. The summed E-state index contributed by atoms with van der Waals surface area (Å²) in [7, 11) is 0. The topological polar surface area (TPSA) is 79.1 Å². The summed E-state index contributed by atoms with van der Waals surface area (Å²) in [6.07, 6.45) is 1.57. The molecule has 2 N–H and O–H groups in total. The van der Waals surface area contributed by atoms with Crippen molar-refractivity contribution in [2.75, 3.05) is 6.61 Å². The number of phenols is 1. The number of aliphatic imine (C=N–C) groups is 1. The van der Waals surface area contributed by atoms with Crippen LogP contribution in [0.5, 0.6) is 5.75 Å². The lowest BCUT2D eigenvalue weighted by atomic mass is 10.1. The van der Waals surface area contributed by atoms with Crippen LogP contribution in [0.25, 0.3) is 6.08 Å². The van der Waals surface area contributed by atoms with Gasteiger partial charge in [0.2, 0.25) is 0 Å². The quantitative estimate of drug-likeness (QED) is 0.705. The number of aryl methyl sites for hydroxylation is 1. The molecule has 0 aromatic heterocycles. The number of carbonyl (C=O) groups excluding carboxylic acids is 1. The molecule has 7 heteroatoms. The number of aliphatic hydroxyl groups is 1. The molecule has 1 aliphatic heterocycles. The van der Waals surface area contributed by atoms with Crippen LogP contribution in [-0.2, 0) is 9.53 Å². The zero-order valence-corrected chi connectivity index (χ0v) is 16.1. The highest BCUT2D eigenvalue weighted by molar-refractivity contribution is 8.18. The third-order valence-corrected chi connectivity index (χ3v) is 4.90. The van der Waals surface area contributed by atoms with Crippen LogP contribution in [0.2, 0.25) is 0 Å². The third-order valence-electron chi connectivity index (χ3n) is 3.88. The van der Waals surface area contributed by atoms with Gasteiger partial charge in [-0.05, 0) is 50.3 Å². The lowest BCUT2D eigenvalue weighted by molar-refractivity contribution is -0.138. The largest absolute Gasteiger partial charge is 0.507 e. The Kier molecular flexibility index (Phi) is 5.84. The van der Waals surface area contributed by atoms with E-state index in [2.05, 4.69) is 4.99 Å². The molecule has 0 atom stereocenters. The molecule has 1 heterocycles. The summed E-state index contributed by atoms with van der Waals surface area (Å²) in [4.78, 5) is 17.0. The maximum Gasteiger partial charge on any atom is 0.344 e. The monoisotopic (exact) mass is 399 g/mol. The number of aliphatic hydroxyl groups excluding tert-OH is 1. The number of benzene rings is 2. The zero-order valence-electron chi connectivity index (χ0n) is 15.3. The molecule has 144 valence electrons. The lowest BCUT2D eigenvalue weighted by Gasteiger charge is -2.03. The summed E-state index contributed by atoms with van der Waals surface area (Å²) in [5.41, 5.74) is 1.63. The van der Waals surface area contributed by atoms with Crippen molar-refractivity contribution >= 4 is 34.5 Å². The van der Waals surface area contributed by atoms with Crippen molar-refractivity contribution in [3.8, 4) is 5.75 Å². The van der Waals surface area contributed by atoms with Gasteiger partial charge in [0.25, 0.3) is 0 Å². The summed E-state index contributed by atoms with van der Waals surface area (Å²) in [5, 5.41) is 20.9. The van der Waals surface area contributed by atoms with E-state index in [4.69, 9.17) is 4.74 Å². The van der Waals surface area contributed by atoms with E-state index in [9.17, 15) is 19.4 Å². The van der Waals surface area contributed by atoms with Crippen LogP contribution >= 0.6 is 11.8 Å². The van der Waals surface area contributed by atoms with E-state index >= 15 is 0 Å². The molecule has 5 nitrogen and oxygen atoms in total. The van der Waals surface area contributed by atoms with Gasteiger partial charge in [-0.15, -0.1) is 0 Å². The first-order chi connectivity index (χ1) is 13.4. The molecule has 3 rings (SSSR count). The van der Waals surface area contributed by atoms with Crippen LogP contribution < -0.4 is 0 Å². The molecule has 0 bridgehead atoms. The molecule has 2 aromatic carbocycles. The molecule has 1 aliphatic rings. The van der Waals surface area contributed by atoms with E-state index in [1.54, 1.807) is 37.3 Å². The second-order valence-corrected chi connectivity index (χ2v) is 7.04. The van der Waals surface area contributed by atoms with Gasteiger partial charge >= 0.3 is 5.97 Å². The van der Waals surface area contributed by atoms with Crippen molar-refractivity contribution in [2.45, 2.75) is 13.8 Å². The van der Waals surface area contributed by atoms with E-state index < -0.39 is 11.8 Å². The molecule has 0 saturated carbocycles. The van der Waals surface area contributed by atoms with E-state index in [1.165, 1.54) is 18.2 Å². The number of aromatic hydroxyl groups is 1. The number of carbonyl (C=O) groups is 1. The van der Waals surface area contributed by atoms with Gasteiger partial charge in [-0.25, -0.2) is 14.2 Å². The van der Waals surface area contributed by atoms with Crippen molar-refractivity contribution in [2.24, 2.45) is 4.99 Å². The fourth-order valence-corrected chi connectivity index (χ4v) is 3.61. The molecular weight excluding hydrogens is 381 g/mol. The van der Waals surface area contributed by atoms with E-state index in [1.807, 2.05) is 6.92 Å². The Balaban J connectivity index is 2.08. The van der Waals surface area contributed by atoms with Gasteiger partial charge in [-0.1, -0.05) is 29.5 Å². The number of halogens is 1. The van der Waals surface area contributed by atoms with Crippen molar-refractivity contribution in [1.82, 2.24) is 0 Å². The molecule has 28 heavy (non-hydrogen) atoms. The second-order valence-electron chi connectivity index (χ2n) is 6.01. The average Bonchev–Trinajstić information content (AvgIpc) is 2.93. The number of hydrogen-bond acceptors (Lipinski definition) is 6. The molecule has 0 saturated heterocycles. The number of ether oxygens (including phenoxy) is 1. The number of hydrogen-bond donors (Lipinski definition) is 2. The molecule has 0 aliphatic carbocycles. The van der Waals surface area contributed by atoms with Crippen LogP contribution in [0.3, 0.4) is 0 Å². The number of esters is 1. The first-order valence-corrected chi connectivity index (χ1v) is 9.35. The molecule has 0 amide bonds. The second kappa shape index (κ2) is 8.31. The minimum atomic E-state index is -0.723. The smallest absolute Gasteiger partial charge is 0.344 e. The van der Waals surface area contributed by atoms with Crippen molar-refractivity contribution < 1.29 is 24.1 Å². The maximum absolute atomic E-state index is 13.5. The highest BCUT2D eigenvalue weighted by Gasteiger charge is 2.33. The standard InChI is InChI=1S/C21H18FNO4S/c1-3-27-21(26)18-19(25)17(10-13-9-12(2)7-8-16(13)24)28-20(18)23-15-6-4-5-14(22)11-15/h4-11,24-25H,3H2,1-2H3. The number of phenolic OH excluding ortho intramolecular Hbond substituents is 1.